The Bertz CT molecular complexity index is 331. The largest absolute Gasteiger partial charge is 0.481 e. The number of methoxy groups -OCH3 is 1. The van der Waals surface area contributed by atoms with Crippen LogP contribution in [0.15, 0.2) is 12.3 Å². The zero-order chi connectivity index (χ0) is 12.7. The standard InChI is InChI=1S/C12H22N4O/c1-4-12(5-2,8-13)9-15-11-14-7-6-10(16-11)17-3/h6-7H,4-5,8-9,13H2,1-3H3,(H,14,15,16). The van der Waals surface area contributed by atoms with Gasteiger partial charge in [0.25, 0.3) is 0 Å². The highest BCUT2D eigenvalue weighted by atomic mass is 16.5. The van der Waals surface area contributed by atoms with Crippen LogP contribution in [-0.2, 0) is 0 Å². The highest BCUT2D eigenvalue weighted by molar-refractivity contribution is 5.27. The van der Waals surface area contributed by atoms with E-state index in [0.717, 1.165) is 19.4 Å². The Morgan fingerprint density at radius 2 is 2.12 bits per heavy atom. The molecular weight excluding hydrogens is 216 g/mol. The van der Waals surface area contributed by atoms with Gasteiger partial charge in [0.1, 0.15) is 0 Å². The molecule has 0 aliphatic rings. The van der Waals surface area contributed by atoms with Crippen molar-refractivity contribution in [3.8, 4) is 5.88 Å². The second-order valence-electron chi connectivity index (χ2n) is 4.19. The molecule has 0 saturated heterocycles. The average Bonchev–Trinajstić information content (AvgIpc) is 2.41. The maximum atomic E-state index is 5.84. The van der Waals surface area contributed by atoms with Crippen LogP contribution in [0.5, 0.6) is 5.88 Å². The van der Waals surface area contributed by atoms with Crippen molar-refractivity contribution in [3.63, 3.8) is 0 Å². The molecule has 96 valence electrons. The lowest BCUT2D eigenvalue weighted by Crippen LogP contribution is -2.36. The molecule has 0 bridgehead atoms. The Labute approximate surface area is 103 Å². The fourth-order valence-corrected chi connectivity index (χ4v) is 1.67. The molecule has 0 aliphatic carbocycles. The summed E-state index contributed by atoms with van der Waals surface area (Å²) in [5, 5.41) is 3.23. The van der Waals surface area contributed by atoms with Crippen LogP contribution in [0.2, 0.25) is 0 Å². The molecule has 0 unspecified atom stereocenters. The summed E-state index contributed by atoms with van der Waals surface area (Å²) < 4.78 is 5.05. The van der Waals surface area contributed by atoms with Crippen LogP contribution in [0.25, 0.3) is 0 Å². The lowest BCUT2D eigenvalue weighted by atomic mass is 9.82. The summed E-state index contributed by atoms with van der Waals surface area (Å²) in [6.45, 7) is 5.76. The summed E-state index contributed by atoms with van der Waals surface area (Å²) in [5.41, 5.74) is 5.96. The molecule has 1 aromatic heterocycles. The first-order chi connectivity index (χ1) is 8.19. The predicted octanol–water partition coefficient (Wildman–Crippen LogP) is 1.66. The number of nitrogens with two attached hydrogens (primary N) is 1. The van der Waals surface area contributed by atoms with Crippen LogP contribution < -0.4 is 15.8 Å². The Balaban J connectivity index is 2.65. The van der Waals surface area contributed by atoms with Crippen molar-refractivity contribution in [1.29, 1.82) is 0 Å². The fourth-order valence-electron chi connectivity index (χ4n) is 1.67. The monoisotopic (exact) mass is 238 g/mol. The molecule has 0 aromatic carbocycles. The zero-order valence-electron chi connectivity index (χ0n) is 10.9. The highest BCUT2D eigenvalue weighted by Gasteiger charge is 2.24. The average molecular weight is 238 g/mol. The molecule has 1 aromatic rings. The van der Waals surface area contributed by atoms with E-state index in [9.17, 15) is 0 Å². The lowest BCUT2D eigenvalue weighted by Gasteiger charge is -2.30. The third-order valence-corrected chi connectivity index (χ3v) is 3.39. The first-order valence-corrected chi connectivity index (χ1v) is 6.00. The molecule has 0 radical (unpaired) electrons. The van der Waals surface area contributed by atoms with E-state index >= 15 is 0 Å². The van der Waals surface area contributed by atoms with E-state index in [2.05, 4.69) is 29.1 Å². The van der Waals surface area contributed by atoms with E-state index in [0.29, 0.717) is 18.4 Å². The minimum Gasteiger partial charge on any atom is -0.481 e. The maximum Gasteiger partial charge on any atom is 0.225 e. The van der Waals surface area contributed by atoms with Crippen LogP contribution in [0.4, 0.5) is 5.95 Å². The molecule has 0 atom stereocenters. The molecule has 0 saturated carbocycles. The smallest absolute Gasteiger partial charge is 0.225 e. The molecule has 0 fully saturated rings. The van der Waals surface area contributed by atoms with Gasteiger partial charge in [-0.25, -0.2) is 4.98 Å². The minimum absolute atomic E-state index is 0.117. The Morgan fingerprint density at radius 3 is 2.65 bits per heavy atom. The van der Waals surface area contributed by atoms with Gasteiger partial charge in [0.15, 0.2) is 0 Å². The molecular formula is C12H22N4O. The van der Waals surface area contributed by atoms with E-state index in [-0.39, 0.29) is 5.41 Å². The molecule has 5 heteroatoms. The number of nitrogens with zero attached hydrogens (tertiary/aromatic N) is 2. The number of ether oxygens (including phenoxy) is 1. The first-order valence-electron chi connectivity index (χ1n) is 6.00. The SMILES string of the molecule is CCC(CC)(CN)CNc1nccc(OC)n1. The van der Waals surface area contributed by atoms with Gasteiger partial charge in [-0.1, -0.05) is 13.8 Å². The van der Waals surface area contributed by atoms with Crippen LogP contribution >= 0.6 is 0 Å². The molecule has 3 N–H and O–H groups in total. The number of hydrogen-bond donors (Lipinski definition) is 2. The number of nitrogens with one attached hydrogen (secondary N) is 1. The van der Waals surface area contributed by atoms with Crippen LogP contribution in [0.1, 0.15) is 26.7 Å². The van der Waals surface area contributed by atoms with Gasteiger partial charge in [-0.2, -0.15) is 4.98 Å². The summed E-state index contributed by atoms with van der Waals surface area (Å²) in [5.74, 6) is 1.15. The number of rotatable bonds is 7. The van der Waals surface area contributed by atoms with Gasteiger partial charge < -0.3 is 15.8 Å². The number of hydrogen-bond acceptors (Lipinski definition) is 5. The van der Waals surface area contributed by atoms with E-state index in [1.165, 1.54) is 0 Å². The van der Waals surface area contributed by atoms with E-state index in [1.807, 2.05) is 0 Å². The Hall–Kier alpha value is -1.36. The third-order valence-electron chi connectivity index (χ3n) is 3.39. The van der Waals surface area contributed by atoms with Gasteiger partial charge in [-0.05, 0) is 24.8 Å². The normalized spacial score (nSPS) is 11.3. The third kappa shape index (κ3) is 3.56. The van der Waals surface area contributed by atoms with Gasteiger partial charge in [0.2, 0.25) is 11.8 Å². The van der Waals surface area contributed by atoms with Gasteiger partial charge >= 0.3 is 0 Å². The molecule has 17 heavy (non-hydrogen) atoms. The zero-order valence-corrected chi connectivity index (χ0v) is 10.9. The van der Waals surface area contributed by atoms with Crippen molar-refractivity contribution in [1.82, 2.24) is 9.97 Å². The van der Waals surface area contributed by atoms with Crippen molar-refractivity contribution in [2.24, 2.45) is 11.1 Å². The topological polar surface area (TPSA) is 73.1 Å². The second-order valence-corrected chi connectivity index (χ2v) is 4.19. The fraction of sp³-hybridized carbons (Fsp3) is 0.667. The lowest BCUT2D eigenvalue weighted by molar-refractivity contribution is 0.294. The summed E-state index contributed by atoms with van der Waals surface area (Å²) in [4.78, 5) is 8.36. The van der Waals surface area contributed by atoms with Crippen molar-refractivity contribution in [2.45, 2.75) is 26.7 Å². The molecule has 1 rings (SSSR count). The molecule has 1 heterocycles. The van der Waals surface area contributed by atoms with E-state index < -0.39 is 0 Å². The van der Waals surface area contributed by atoms with Crippen LogP contribution in [0, 0.1) is 5.41 Å². The van der Waals surface area contributed by atoms with Gasteiger partial charge in [-0.15, -0.1) is 0 Å². The van der Waals surface area contributed by atoms with Crippen LogP contribution in [0.3, 0.4) is 0 Å². The highest BCUT2D eigenvalue weighted by Crippen LogP contribution is 2.24. The maximum absolute atomic E-state index is 5.84. The van der Waals surface area contributed by atoms with Crippen molar-refractivity contribution in [2.75, 3.05) is 25.5 Å². The van der Waals surface area contributed by atoms with Crippen LogP contribution in [-0.4, -0.2) is 30.2 Å². The number of aromatic nitrogens is 2. The van der Waals surface area contributed by atoms with Gasteiger partial charge in [0, 0.05) is 18.8 Å². The van der Waals surface area contributed by atoms with Crippen molar-refractivity contribution in [3.05, 3.63) is 12.3 Å². The first kappa shape index (κ1) is 13.7. The Morgan fingerprint density at radius 1 is 1.41 bits per heavy atom. The predicted molar refractivity (Wildman–Crippen MR) is 69.1 cm³/mol. The summed E-state index contributed by atoms with van der Waals surface area (Å²) in [7, 11) is 1.59. The van der Waals surface area contributed by atoms with E-state index in [1.54, 1.807) is 19.4 Å². The van der Waals surface area contributed by atoms with Crippen molar-refractivity contribution >= 4 is 5.95 Å². The molecule has 0 amide bonds. The van der Waals surface area contributed by atoms with Crippen molar-refractivity contribution < 1.29 is 4.74 Å². The second kappa shape index (κ2) is 6.39. The molecule has 0 aliphatic heterocycles. The summed E-state index contributed by atoms with van der Waals surface area (Å²) in [6, 6.07) is 1.72. The molecule has 5 nitrogen and oxygen atoms in total. The summed E-state index contributed by atoms with van der Waals surface area (Å²) in [6.07, 6.45) is 3.75. The molecule has 0 spiro atoms. The Kier molecular flexibility index (Phi) is 5.15. The van der Waals surface area contributed by atoms with E-state index in [4.69, 9.17) is 10.5 Å². The summed E-state index contributed by atoms with van der Waals surface area (Å²) >= 11 is 0. The minimum atomic E-state index is 0.117. The van der Waals surface area contributed by atoms with Gasteiger partial charge in [0.05, 0.1) is 7.11 Å². The quantitative estimate of drug-likeness (QED) is 0.756. The number of anilines is 1. The van der Waals surface area contributed by atoms with Gasteiger partial charge in [-0.3, -0.25) is 0 Å².